The molecule has 5 aromatic carbocycles. The van der Waals surface area contributed by atoms with Crippen molar-refractivity contribution in [3.63, 3.8) is 0 Å². The summed E-state index contributed by atoms with van der Waals surface area (Å²) in [5.74, 6) is 0. The fraction of sp³-hybridized carbons (Fsp3) is 0.0789. The second-order valence-corrected chi connectivity index (χ2v) is 12.1. The number of nitrogens with zero attached hydrogens (tertiary/aromatic N) is 1. The predicted octanol–water partition coefficient (Wildman–Crippen LogP) is 10.5. The fourth-order valence-corrected chi connectivity index (χ4v) is 7.70. The van der Waals surface area contributed by atoms with Gasteiger partial charge in [-0.2, -0.15) is 0 Å². The Hall–Kier alpha value is -4.93. The van der Waals surface area contributed by atoms with Crippen molar-refractivity contribution in [1.82, 2.24) is 0 Å². The Balaban J connectivity index is 1.29. The highest BCUT2D eigenvalue weighted by Gasteiger charge is 2.29. The number of aliphatic imine (C=N–C) groups is 1. The number of anilines is 1. The molecule has 0 spiro atoms. The fourth-order valence-electron chi connectivity index (χ4n) is 6.53. The Morgan fingerprint density at radius 1 is 0.762 bits per heavy atom. The van der Waals surface area contributed by atoms with Crippen LogP contribution in [-0.2, 0) is 0 Å². The molecule has 2 aliphatic rings. The Morgan fingerprint density at radius 2 is 1.60 bits per heavy atom. The number of allylic oxidation sites excluding steroid dienone is 2. The molecule has 0 radical (unpaired) electrons. The molecule has 3 nitrogen and oxygen atoms in total. The van der Waals surface area contributed by atoms with Gasteiger partial charge in [-0.05, 0) is 52.9 Å². The molecule has 2 aromatic heterocycles. The molecule has 0 saturated heterocycles. The van der Waals surface area contributed by atoms with Crippen LogP contribution in [0.15, 0.2) is 136 Å². The first-order chi connectivity index (χ1) is 20.8. The molecule has 1 unspecified atom stereocenters. The van der Waals surface area contributed by atoms with Crippen LogP contribution < -0.4 is 5.32 Å². The average Bonchev–Trinajstić information content (AvgIpc) is 3.63. The number of nitrogens with one attached hydrogen (secondary N) is 1. The average molecular weight is 559 g/mol. The molecule has 0 amide bonds. The van der Waals surface area contributed by atoms with E-state index in [0.717, 1.165) is 57.2 Å². The van der Waals surface area contributed by atoms with Gasteiger partial charge in [0.1, 0.15) is 17.3 Å². The third kappa shape index (κ3) is 3.62. The summed E-state index contributed by atoms with van der Waals surface area (Å²) >= 11 is 1.81. The van der Waals surface area contributed by atoms with Gasteiger partial charge >= 0.3 is 0 Å². The molecular formula is C38H26N2OS. The molecule has 0 bridgehead atoms. The first-order valence-electron chi connectivity index (χ1n) is 14.5. The minimum Gasteiger partial charge on any atom is -0.455 e. The van der Waals surface area contributed by atoms with E-state index in [2.05, 4.69) is 127 Å². The lowest BCUT2D eigenvalue weighted by Crippen LogP contribution is -2.27. The third-order valence-electron chi connectivity index (χ3n) is 8.53. The SMILES string of the molecule is C1=CC(C2N=C(c3cccc4oc5c(-c6ccc7ccccc7c6)cccc5c34)c3sc4ccccc4c3N2)=CCC1. The summed E-state index contributed by atoms with van der Waals surface area (Å²) in [4.78, 5) is 6.60. The lowest BCUT2D eigenvalue weighted by molar-refractivity contribution is 0.670. The van der Waals surface area contributed by atoms with Gasteiger partial charge in [0.25, 0.3) is 0 Å². The molecular weight excluding hydrogens is 532 g/mol. The van der Waals surface area contributed by atoms with Gasteiger partial charge in [0.05, 0.1) is 16.3 Å². The van der Waals surface area contributed by atoms with Crippen molar-refractivity contribution in [2.75, 3.05) is 5.32 Å². The summed E-state index contributed by atoms with van der Waals surface area (Å²) in [5, 5.41) is 9.73. The van der Waals surface area contributed by atoms with Crippen LogP contribution in [0.4, 0.5) is 5.69 Å². The normalized spacial score (nSPS) is 16.5. The highest BCUT2D eigenvalue weighted by molar-refractivity contribution is 7.22. The van der Waals surface area contributed by atoms with Crippen molar-refractivity contribution in [3.8, 4) is 11.1 Å². The van der Waals surface area contributed by atoms with Crippen LogP contribution in [0, 0.1) is 0 Å². The quantitative estimate of drug-likeness (QED) is 0.234. The lowest BCUT2D eigenvalue weighted by atomic mass is 9.95. The van der Waals surface area contributed by atoms with Crippen molar-refractivity contribution < 1.29 is 4.42 Å². The van der Waals surface area contributed by atoms with Crippen LogP contribution in [0.25, 0.3) is 53.9 Å². The van der Waals surface area contributed by atoms with E-state index in [1.54, 1.807) is 0 Å². The van der Waals surface area contributed by atoms with Crippen LogP contribution in [-0.4, -0.2) is 11.9 Å². The molecule has 1 N–H and O–H groups in total. The Labute approximate surface area is 247 Å². The smallest absolute Gasteiger partial charge is 0.145 e. The van der Waals surface area contributed by atoms with Crippen LogP contribution in [0.1, 0.15) is 23.3 Å². The first kappa shape index (κ1) is 23.7. The number of hydrogen-bond acceptors (Lipinski definition) is 4. The Morgan fingerprint density at radius 3 is 2.52 bits per heavy atom. The van der Waals surface area contributed by atoms with E-state index in [9.17, 15) is 0 Å². The van der Waals surface area contributed by atoms with Gasteiger partial charge in [0, 0.05) is 32.0 Å². The molecule has 3 heterocycles. The maximum absolute atomic E-state index is 6.68. The van der Waals surface area contributed by atoms with Gasteiger partial charge in [-0.15, -0.1) is 11.3 Å². The number of furan rings is 1. The zero-order chi connectivity index (χ0) is 27.6. The van der Waals surface area contributed by atoms with Crippen molar-refractivity contribution in [2.24, 2.45) is 4.99 Å². The van der Waals surface area contributed by atoms with Crippen LogP contribution in [0.5, 0.6) is 0 Å². The summed E-state index contributed by atoms with van der Waals surface area (Å²) in [7, 11) is 0. The zero-order valence-corrected chi connectivity index (χ0v) is 23.6. The van der Waals surface area contributed by atoms with Crippen LogP contribution >= 0.6 is 11.3 Å². The Bertz CT molecular complexity index is 2300. The van der Waals surface area contributed by atoms with Crippen molar-refractivity contribution >= 4 is 65.5 Å². The maximum Gasteiger partial charge on any atom is 0.145 e. The summed E-state index contributed by atoms with van der Waals surface area (Å²) in [5.41, 5.74) is 8.59. The molecule has 4 heteroatoms. The van der Waals surface area contributed by atoms with Gasteiger partial charge in [-0.3, -0.25) is 4.99 Å². The molecule has 7 aromatic rings. The van der Waals surface area contributed by atoms with Crippen LogP contribution in [0.3, 0.4) is 0 Å². The predicted molar refractivity (Wildman–Crippen MR) is 178 cm³/mol. The molecule has 1 aliphatic heterocycles. The van der Waals surface area contributed by atoms with Gasteiger partial charge in [-0.25, -0.2) is 0 Å². The minimum atomic E-state index is -0.136. The van der Waals surface area contributed by atoms with E-state index in [1.807, 2.05) is 11.3 Å². The van der Waals surface area contributed by atoms with Crippen molar-refractivity contribution in [2.45, 2.75) is 19.0 Å². The number of thiophene rings is 1. The monoisotopic (exact) mass is 558 g/mol. The topological polar surface area (TPSA) is 37.5 Å². The van der Waals surface area contributed by atoms with E-state index < -0.39 is 0 Å². The maximum atomic E-state index is 6.68. The van der Waals surface area contributed by atoms with E-state index in [1.165, 1.54) is 37.0 Å². The summed E-state index contributed by atoms with van der Waals surface area (Å²) in [6.45, 7) is 0. The largest absolute Gasteiger partial charge is 0.455 e. The third-order valence-corrected chi connectivity index (χ3v) is 9.70. The summed E-state index contributed by atoms with van der Waals surface area (Å²) in [6, 6.07) is 36.7. The molecule has 42 heavy (non-hydrogen) atoms. The summed E-state index contributed by atoms with van der Waals surface area (Å²) in [6.07, 6.45) is 8.80. The number of rotatable bonds is 3. The first-order valence-corrected chi connectivity index (χ1v) is 15.3. The Kier molecular flexibility index (Phi) is 5.26. The van der Waals surface area contributed by atoms with Gasteiger partial charge < -0.3 is 9.73 Å². The molecule has 0 saturated carbocycles. The molecule has 1 atom stereocenters. The van der Waals surface area contributed by atoms with Gasteiger partial charge in [0.15, 0.2) is 0 Å². The highest BCUT2D eigenvalue weighted by Crippen LogP contribution is 2.44. The highest BCUT2D eigenvalue weighted by atomic mass is 32.1. The lowest BCUT2D eigenvalue weighted by Gasteiger charge is -2.26. The van der Waals surface area contributed by atoms with Crippen molar-refractivity contribution in [1.29, 1.82) is 0 Å². The standard InChI is InChI=1S/C38H26N2OS/c1-2-11-24(12-3-1)38-39-34-28-14-6-7-19-32(28)42-37(34)35(40-38)29-16-9-18-31-33(29)30-17-8-15-27(36(30)41-31)26-21-20-23-10-4-5-13-25(23)22-26/h2,4-22,38-39H,1,3H2. The van der Waals surface area contributed by atoms with Gasteiger partial charge in [-0.1, -0.05) is 103 Å². The molecule has 200 valence electrons. The van der Waals surface area contributed by atoms with E-state index in [4.69, 9.17) is 9.41 Å². The zero-order valence-electron chi connectivity index (χ0n) is 22.8. The summed E-state index contributed by atoms with van der Waals surface area (Å²) < 4.78 is 7.95. The molecule has 1 aliphatic carbocycles. The van der Waals surface area contributed by atoms with E-state index in [0.29, 0.717) is 0 Å². The second-order valence-electron chi connectivity index (χ2n) is 11.0. The number of benzene rings is 5. The van der Waals surface area contributed by atoms with E-state index in [-0.39, 0.29) is 6.17 Å². The van der Waals surface area contributed by atoms with Crippen LogP contribution in [0.2, 0.25) is 0 Å². The number of fused-ring (bicyclic) bond motifs is 7. The molecule has 9 rings (SSSR count). The number of hydrogen-bond donors (Lipinski definition) is 1. The van der Waals surface area contributed by atoms with E-state index >= 15 is 0 Å². The second kappa shape index (κ2) is 9.30. The number of para-hydroxylation sites is 1. The van der Waals surface area contributed by atoms with Crippen molar-refractivity contribution in [3.05, 3.63) is 137 Å². The molecule has 0 fully saturated rings. The minimum absolute atomic E-state index is 0.136. The van der Waals surface area contributed by atoms with Gasteiger partial charge in [0.2, 0.25) is 0 Å².